The normalized spacial score (nSPS) is 7.40. The molecule has 0 fully saturated rings. The zero-order valence-corrected chi connectivity index (χ0v) is 35.5. The van der Waals surface area contributed by atoms with Gasteiger partial charge in [0.05, 0.1) is 11.1 Å². The van der Waals surface area contributed by atoms with Crippen molar-refractivity contribution in [3.63, 3.8) is 0 Å². The molecule has 4 aromatic carbocycles. The quantitative estimate of drug-likeness (QED) is 0.157. The average Bonchev–Trinajstić information content (AvgIpc) is 3.09. The summed E-state index contributed by atoms with van der Waals surface area (Å²) >= 11 is 0. The van der Waals surface area contributed by atoms with Crippen molar-refractivity contribution in [1.29, 1.82) is 0 Å². The first kappa shape index (κ1) is 58.6. The maximum Gasteiger partial charge on any atom is 0.153 e. The van der Waals surface area contributed by atoms with Crippen molar-refractivity contribution in [2.75, 3.05) is 0 Å². The van der Waals surface area contributed by atoms with Crippen LogP contribution >= 0.6 is 0 Å². The molecule has 0 atom stereocenters. The van der Waals surface area contributed by atoms with Crippen molar-refractivity contribution in [2.45, 2.75) is 75.3 Å². The molecule has 0 amide bonds. The summed E-state index contributed by atoms with van der Waals surface area (Å²) < 4.78 is 5.58. The van der Waals surface area contributed by atoms with Gasteiger partial charge in [0, 0.05) is 65.4 Å². The summed E-state index contributed by atoms with van der Waals surface area (Å²) in [6.07, 6.45) is 2.57. The van der Waals surface area contributed by atoms with Crippen molar-refractivity contribution in [2.24, 2.45) is 0 Å². The van der Waals surface area contributed by atoms with Gasteiger partial charge in [0.15, 0.2) is 12.6 Å². The number of aromatic hydroxyl groups is 1. The molecule has 6 heteroatoms. The van der Waals surface area contributed by atoms with E-state index in [1.54, 1.807) is 30.3 Å². The molecule has 0 spiro atoms. The van der Waals surface area contributed by atoms with Crippen molar-refractivity contribution < 1.29 is 84.9 Å². The van der Waals surface area contributed by atoms with Crippen molar-refractivity contribution >= 4 is 12.6 Å². The van der Waals surface area contributed by atoms with Crippen LogP contribution in [0.3, 0.4) is 0 Å². The summed E-state index contributed by atoms with van der Waals surface area (Å²) in [6, 6.07) is 33.9. The van der Waals surface area contributed by atoms with Gasteiger partial charge in [0.2, 0.25) is 0 Å². The molecule has 0 aliphatic carbocycles. The molecule has 4 aromatic rings. The Morgan fingerprint density at radius 1 is 0.533 bits per heavy atom. The van der Waals surface area contributed by atoms with E-state index >= 15 is 0 Å². The van der Waals surface area contributed by atoms with Crippen LogP contribution in [-0.2, 0) is 78.4 Å². The van der Waals surface area contributed by atoms with Gasteiger partial charge in [-0.05, 0) is 41.8 Å². The number of ether oxygens (including phenoxy) is 1. The van der Waals surface area contributed by atoms with E-state index in [1.165, 1.54) is 11.6 Å². The zero-order chi connectivity index (χ0) is 31.7. The largest absolute Gasteiger partial charge is 0.507 e. The van der Waals surface area contributed by atoms with E-state index in [1.807, 2.05) is 104 Å². The number of para-hydroxylation sites is 2. The number of hydrogen-bond acceptors (Lipinski definition) is 4. The second-order valence-corrected chi connectivity index (χ2v) is 6.95. The maximum atomic E-state index is 10.8. The standard InChI is InChI=1S/C14H12O2.C8H10.C7H6O2.4C2H6.2CH3.2Y/c15-10-13-8-4-5-9-14(13)16-11-12-6-2-1-3-7-12;1-2-8-6-4-3-5-7-8;8-5-6-3-1-2-4-7(6)9;4*1-2;;;;/h1-10H,11H2;3-7H,2H2,1H3;1-5,9H;4*1-2H3;2*1H3;;/q;;;;;;;2*-1;;. The number of aryl methyl sites for hydroxylation is 1. The Morgan fingerprint density at radius 2 is 0.889 bits per heavy atom. The van der Waals surface area contributed by atoms with Crippen molar-refractivity contribution in [3.8, 4) is 11.5 Å². The van der Waals surface area contributed by atoms with Crippen LogP contribution in [0.1, 0.15) is 94.2 Å². The van der Waals surface area contributed by atoms with Crippen LogP contribution in [-0.4, -0.2) is 17.7 Å². The molecule has 45 heavy (non-hydrogen) atoms. The summed E-state index contributed by atoms with van der Waals surface area (Å²) in [5.41, 5.74) is 3.41. The monoisotopic (exact) mass is 768 g/mol. The van der Waals surface area contributed by atoms with Crippen LogP contribution in [0.4, 0.5) is 0 Å². The molecule has 2 radical (unpaired) electrons. The first-order valence-electron chi connectivity index (χ1n) is 14.7. The van der Waals surface area contributed by atoms with Crippen molar-refractivity contribution in [1.82, 2.24) is 0 Å². The van der Waals surface area contributed by atoms with Gasteiger partial charge in [-0.15, -0.1) is 0 Å². The molecule has 0 bridgehead atoms. The van der Waals surface area contributed by atoms with Crippen LogP contribution in [0, 0.1) is 14.9 Å². The number of aldehydes is 2. The Kier molecular flexibility index (Phi) is 60.4. The molecule has 4 rings (SSSR count). The second kappa shape index (κ2) is 46.4. The fourth-order valence-electron chi connectivity index (χ4n) is 2.75. The van der Waals surface area contributed by atoms with E-state index in [9.17, 15) is 9.59 Å². The van der Waals surface area contributed by atoms with Crippen LogP contribution in [0.25, 0.3) is 0 Å². The van der Waals surface area contributed by atoms with Crippen LogP contribution in [0.15, 0.2) is 109 Å². The van der Waals surface area contributed by atoms with Gasteiger partial charge in [-0.25, -0.2) is 0 Å². The molecule has 0 aromatic heterocycles. The van der Waals surface area contributed by atoms with Crippen molar-refractivity contribution in [3.05, 3.63) is 146 Å². The third-order valence-electron chi connectivity index (χ3n) is 4.60. The number of phenols is 1. The van der Waals surface area contributed by atoms with Gasteiger partial charge in [-0.2, -0.15) is 0 Å². The topological polar surface area (TPSA) is 63.6 Å². The molecule has 4 nitrogen and oxygen atoms in total. The van der Waals surface area contributed by atoms with Crippen LogP contribution in [0.5, 0.6) is 11.5 Å². The van der Waals surface area contributed by atoms with Gasteiger partial charge in [0.1, 0.15) is 18.1 Å². The Balaban J connectivity index is -0.0000000871. The molecule has 0 aliphatic rings. The number of hydrogen-bond donors (Lipinski definition) is 1. The first-order chi connectivity index (χ1) is 20.2. The molecule has 0 saturated carbocycles. The summed E-state index contributed by atoms with van der Waals surface area (Å²) in [6.45, 7) is 18.6. The number of carbonyl (C=O) groups is 2. The summed E-state index contributed by atoms with van der Waals surface area (Å²) in [5.74, 6) is 0.661. The van der Waals surface area contributed by atoms with E-state index in [4.69, 9.17) is 9.84 Å². The van der Waals surface area contributed by atoms with Gasteiger partial charge in [-0.1, -0.05) is 147 Å². The predicted molar refractivity (Wildman–Crippen MR) is 190 cm³/mol. The second-order valence-electron chi connectivity index (χ2n) is 6.95. The molecular formula is C39H58O4Y2-2. The van der Waals surface area contributed by atoms with Gasteiger partial charge < -0.3 is 24.7 Å². The first-order valence-corrected chi connectivity index (χ1v) is 14.7. The third-order valence-corrected chi connectivity index (χ3v) is 4.60. The van der Waals surface area contributed by atoms with Gasteiger partial charge in [-0.3, -0.25) is 9.59 Å². The number of carbonyl (C=O) groups excluding carboxylic acids is 2. The van der Waals surface area contributed by atoms with E-state index < -0.39 is 0 Å². The molecule has 246 valence electrons. The minimum atomic E-state index is 0. The Bertz CT molecular complexity index is 1110. The number of rotatable bonds is 6. The van der Waals surface area contributed by atoms with Gasteiger partial charge >= 0.3 is 0 Å². The number of phenolic OH excluding ortho intramolecular Hbond substituents is 1. The van der Waals surface area contributed by atoms with Crippen LogP contribution < -0.4 is 4.74 Å². The molecule has 1 N–H and O–H groups in total. The SMILES string of the molecule is CC.CC.CC.CC.CCc1ccccc1.O=Cc1ccccc1O.O=Cc1ccccc1OCc1ccccc1.[CH3-].[CH3-].[Y].[Y]. The van der Waals surface area contributed by atoms with E-state index in [2.05, 4.69) is 31.2 Å². The summed E-state index contributed by atoms with van der Waals surface area (Å²) in [4.78, 5) is 20.8. The van der Waals surface area contributed by atoms with Gasteiger partial charge in [0.25, 0.3) is 0 Å². The number of benzene rings is 4. The molecule has 0 unspecified atom stereocenters. The van der Waals surface area contributed by atoms with Crippen LogP contribution in [0.2, 0.25) is 0 Å². The third kappa shape index (κ3) is 30.4. The summed E-state index contributed by atoms with van der Waals surface area (Å²) in [7, 11) is 0. The molecule has 0 saturated heterocycles. The Hall–Kier alpha value is -1.97. The molecule has 0 heterocycles. The predicted octanol–water partition coefficient (Wildman–Crippen LogP) is 11.5. The molecular weight excluding hydrogens is 710 g/mol. The fraction of sp³-hybridized carbons (Fsp3) is 0.282. The Labute approximate surface area is 327 Å². The summed E-state index contributed by atoms with van der Waals surface area (Å²) in [5, 5.41) is 8.88. The van der Waals surface area contributed by atoms with E-state index in [-0.39, 0.29) is 86.0 Å². The van der Waals surface area contributed by atoms with E-state index in [0.717, 1.165) is 18.3 Å². The Morgan fingerprint density at radius 3 is 1.24 bits per heavy atom. The minimum Gasteiger partial charge on any atom is -0.507 e. The molecule has 0 aliphatic heterocycles. The fourth-order valence-corrected chi connectivity index (χ4v) is 2.75. The van der Waals surface area contributed by atoms with E-state index in [0.29, 0.717) is 29.8 Å². The smallest absolute Gasteiger partial charge is 0.153 e. The maximum absolute atomic E-state index is 10.8. The average molecular weight is 769 g/mol. The zero-order valence-electron chi connectivity index (χ0n) is 29.8. The minimum absolute atomic E-state index is 0.